The topological polar surface area (TPSA) is 105 Å². The quantitative estimate of drug-likeness (QED) is 0.677. The van der Waals surface area contributed by atoms with Crippen LogP contribution in [0.2, 0.25) is 0 Å². The summed E-state index contributed by atoms with van der Waals surface area (Å²) in [6, 6.07) is 12.7. The first-order chi connectivity index (χ1) is 14.6. The highest BCUT2D eigenvalue weighted by Crippen LogP contribution is 2.37. The number of nitrogens with zero attached hydrogens (tertiary/aromatic N) is 4. The Hall–Kier alpha value is -3.81. The van der Waals surface area contributed by atoms with Gasteiger partial charge in [0.15, 0.2) is 0 Å². The molecule has 30 heavy (non-hydrogen) atoms. The number of carboxylic acid groups (broad SMARTS) is 1. The fourth-order valence-corrected chi connectivity index (χ4v) is 3.64. The molecular weight excluding hydrogens is 384 g/mol. The van der Waals surface area contributed by atoms with Crippen LogP contribution < -0.4 is 4.74 Å². The van der Waals surface area contributed by atoms with Crippen LogP contribution in [0.4, 0.5) is 0 Å². The number of hydrogen-bond acceptors (Lipinski definition) is 6. The lowest BCUT2D eigenvalue weighted by Gasteiger charge is -2.22. The zero-order valence-corrected chi connectivity index (χ0v) is 16.4. The molecule has 0 spiro atoms. The third kappa shape index (κ3) is 3.71. The molecule has 1 atom stereocenters. The Labute approximate surface area is 172 Å². The van der Waals surface area contributed by atoms with Crippen molar-refractivity contribution in [2.24, 2.45) is 5.10 Å². The molecule has 0 saturated heterocycles. The number of ether oxygens (including phenoxy) is 1. The van der Waals surface area contributed by atoms with Crippen LogP contribution in [-0.4, -0.2) is 44.8 Å². The molecule has 0 radical (unpaired) electrons. The summed E-state index contributed by atoms with van der Waals surface area (Å²) in [5.41, 5.74) is 3.72. The van der Waals surface area contributed by atoms with Crippen molar-refractivity contribution in [1.29, 1.82) is 0 Å². The van der Waals surface area contributed by atoms with Gasteiger partial charge in [-0.2, -0.15) is 5.10 Å². The van der Waals surface area contributed by atoms with Crippen LogP contribution >= 0.6 is 0 Å². The number of carbonyl (C=O) groups excluding carboxylic acids is 1. The number of rotatable bonds is 6. The zero-order chi connectivity index (χ0) is 21.1. The molecule has 1 aliphatic heterocycles. The molecule has 1 unspecified atom stereocenters. The van der Waals surface area contributed by atoms with E-state index in [1.54, 1.807) is 19.5 Å². The summed E-state index contributed by atoms with van der Waals surface area (Å²) >= 11 is 0. The molecular formula is C22H20N4O4. The van der Waals surface area contributed by atoms with E-state index >= 15 is 0 Å². The smallest absolute Gasteiger partial charge is 0.303 e. The molecule has 0 aliphatic carbocycles. The summed E-state index contributed by atoms with van der Waals surface area (Å²) in [6.07, 6.45) is 3.30. The van der Waals surface area contributed by atoms with Crippen molar-refractivity contribution in [1.82, 2.24) is 15.0 Å². The van der Waals surface area contributed by atoms with Gasteiger partial charge in [-0.25, -0.2) is 5.01 Å². The van der Waals surface area contributed by atoms with Gasteiger partial charge in [0.2, 0.25) is 5.91 Å². The molecule has 0 saturated carbocycles. The third-order valence-electron chi connectivity index (χ3n) is 5.03. The highest BCUT2D eigenvalue weighted by atomic mass is 16.5. The largest absolute Gasteiger partial charge is 0.496 e. The van der Waals surface area contributed by atoms with Gasteiger partial charge in [0, 0.05) is 36.4 Å². The predicted molar refractivity (Wildman–Crippen MR) is 110 cm³/mol. The van der Waals surface area contributed by atoms with E-state index in [2.05, 4.69) is 15.1 Å². The van der Waals surface area contributed by atoms with Crippen LogP contribution in [0.5, 0.6) is 5.75 Å². The Morgan fingerprint density at radius 3 is 2.70 bits per heavy atom. The maximum Gasteiger partial charge on any atom is 0.303 e. The molecule has 8 nitrogen and oxygen atoms in total. The number of methoxy groups -OCH3 is 1. The van der Waals surface area contributed by atoms with Gasteiger partial charge in [0.25, 0.3) is 0 Å². The van der Waals surface area contributed by atoms with Crippen molar-refractivity contribution in [2.45, 2.75) is 25.3 Å². The van der Waals surface area contributed by atoms with Gasteiger partial charge < -0.3 is 9.84 Å². The monoisotopic (exact) mass is 404 g/mol. The fourth-order valence-electron chi connectivity index (χ4n) is 3.64. The van der Waals surface area contributed by atoms with Gasteiger partial charge in [-0.05, 0) is 18.2 Å². The second-order valence-corrected chi connectivity index (χ2v) is 6.87. The van der Waals surface area contributed by atoms with Gasteiger partial charge >= 0.3 is 5.97 Å². The summed E-state index contributed by atoms with van der Waals surface area (Å²) < 4.78 is 5.46. The van der Waals surface area contributed by atoms with Gasteiger partial charge in [-0.3, -0.25) is 19.6 Å². The van der Waals surface area contributed by atoms with E-state index in [1.165, 1.54) is 5.01 Å². The number of carbonyl (C=O) groups is 2. The predicted octanol–water partition coefficient (Wildman–Crippen LogP) is 3.18. The van der Waals surface area contributed by atoms with Crippen LogP contribution in [0.25, 0.3) is 11.0 Å². The summed E-state index contributed by atoms with van der Waals surface area (Å²) in [7, 11) is 1.59. The third-order valence-corrected chi connectivity index (χ3v) is 5.03. The average Bonchev–Trinajstić information content (AvgIpc) is 3.22. The maximum atomic E-state index is 12.9. The molecule has 8 heteroatoms. The minimum atomic E-state index is -1.02. The van der Waals surface area contributed by atoms with Crippen molar-refractivity contribution in [3.63, 3.8) is 0 Å². The molecule has 0 bridgehead atoms. The molecule has 1 aromatic heterocycles. The number of carboxylic acids is 1. The van der Waals surface area contributed by atoms with E-state index < -0.39 is 12.0 Å². The summed E-state index contributed by atoms with van der Waals surface area (Å²) in [5, 5.41) is 15.0. The lowest BCUT2D eigenvalue weighted by Crippen LogP contribution is -2.27. The van der Waals surface area contributed by atoms with Gasteiger partial charge in [-0.1, -0.05) is 24.3 Å². The van der Waals surface area contributed by atoms with E-state index in [4.69, 9.17) is 9.84 Å². The summed E-state index contributed by atoms with van der Waals surface area (Å²) in [5.74, 6) is -0.718. The average molecular weight is 404 g/mol. The number of benzene rings is 2. The highest BCUT2D eigenvalue weighted by molar-refractivity contribution is 6.05. The lowest BCUT2D eigenvalue weighted by molar-refractivity contribution is -0.141. The maximum absolute atomic E-state index is 12.9. The molecule has 3 aromatic rings. The Bertz CT molecular complexity index is 1140. The minimum absolute atomic E-state index is 0.134. The van der Waals surface area contributed by atoms with E-state index in [9.17, 15) is 9.59 Å². The molecule has 2 heterocycles. The first-order valence-corrected chi connectivity index (χ1v) is 9.53. The minimum Gasteiger partial charge on any atom is -0.496 e. The number of amides is 1. The van der Waals surface area contributed by atoms with Gasteiger partial charge in [0.05, 0.1) is 36.3 Å². The number of aliphatic carboxylic acids is 1. The van der Waals surface area contributed by atoms with E-state index in [0.717, 1.165) is 16.6 Å². The van der Waals surface area contributed by atoms with Crippen molar-refractivity contribution < 1.29 is 19.4 Å². The number of para-hydroxylation sites is 2. The summed E-state index contributed by atoms with van der Waals surface area (Å²) in [6.45, 7) is 0. The first kappa shape index (κ1) is 19.5. The second-order valence-electron chi connectivity index (χ2n) is 6.87. The highest BCUT2D eigenvalue weighted by Gasteiger charge is 2.35. The Balaban J connectivity index is 1.77. The van der Waals surface area contributed by atoms with Crippen molar-refractivity contribution in [2.75, 3.05) is 7.11 Å². The van der Waals surface area contributed by atoms with Crippen molar-refractivity contribution in [3.05, 3.63) is 66.0 Å². The normalized spacial score (nSPS) is 15.8. The number of hydrogen-bond donors (Lipinski definition) is 1. The second kappa shape index (κ2) is 8.28. The van der Waals surface area contributed by atoms with Crippen LogP contribution in [0.15, 0.2) is 60.0 Å². The van der Waals surface area contributed by atoms with Crippen LogP contribution in [-0.2, 0) is 9.59 Å². The standard InChI is InChI=1S/C22H20N4O4/c1-30-19-8-3-2-5-14(19)17-13-18(26(25-17)20(27)9-10-21(28)29)15-6-4-7-16-22(15)24-12-11-23-16/h2-8,11-12,18H,9-10,13H2,1H3,(H,28,29). The number of fused-ring (bicyclic) bond motifs is 1. The molecule has 1 amide bonds. The summed E-state index contributed by atoms with van der Waals surface area (Å²) in [4.78, 5) is 32.7. The molecule has 1 N–H and O–H groups in total. The molecule has 0 fully saturated rings. The SMILES string of the molecule is COc1ccccc1C1=NN(C(=O)CCC(=O)O)C(c2cccc3nccnc23)C1. The van der Waals surface area contributed by atoms with Crippen LogP contribution in [0.1, 0.15) is 36.4 Å². The molecule has 152 valence electrons. The zero-order valence-electron chi connectivity index (χ0n) is 16.4. The Morgan fingerprint density at radius 1 is 1.10 bits per heavy atom. The van der Waals surface area contributed by atoms with Crippen LogP contribution in [0.3, 0.4) is 0 Å². The number of hydrazone groups is 1. The van der Waals surface area contributed by atoms with Crippen LogP contribution in [0, 0.1) is 0 Å². The van der Waals surface area contributed by atoms with Gasteiger partial charge in [-0.15, -0.1) is 0 Å². The molecule has 1 aliphatic rings. The van der Waals surface area contributed by atoms with E-state index in [1.807, 2.05) is 42.5 Å². The Morgan fingerprint density at radius 2 is 1.90 bits per heavy atom. The van der Waals surface area contributed by atoms with E-state index in [0.29, 0.717) is 23.4 Å². The Kier molecular flexibility index (Phi) is 5.38. The molecule has 4 rings (SSSR count). The first-order valence-electron chi connectivity index (χ1n) is 9.53. The van der Waals surface area contributed by atoms with Crippen molar-refractivity contribution >= 4 is 28.6 Å². The fraction of sp³-hybridized carbons (Fsp3) is 0.227. The van der Waals surface area contributed by atoms with E-state index in [-0.39, 0.29) is 18.7 Å². The number of aromatic nitrogens is 2. The van der Waals surface area contributed by atoms with Gasteiger partial charge in [0.1, 0.15) is 5.75 Å². The van der Waals surface area contributed by atoms with Crippen molar-refractivity contribution in [3.8, 4) is 5.75 Å². The lowest BCUT2D eigenvalue weighted by atomic mass is 9.96. The molecule has 2 aromatic carbocycles.